The fraction of sp³-hybridized carbons (Fsp3) is 0.355. The molecule has 0 saturated heterocycles. The Balaban J connectivity index is 1.53. The van der Waals surface area contributed by atoms with Crippen molar-refractivity contribution < 1.29 is 19.1 Å². The van der Waals surface area contributed by atoms with Gasteiger partial charge in [-0.1, -0.05) is 60.9 Å². The summed E-state index contributed by atoms with van der Waals surface area (Å²) < 4.78 is 12.4. The van der Waals surface area contributed by atoms with Gasteiger partial charge in [-0.15, -0.1) is 5.10 Å². The maximum Gasteiger partial charge on any atom is 0.247 e. The van der Waals surface area contributed by atoms with Crippen LogP contribution >= 0.6 is 0 Å². The van der Waals surface area contributed by atoms with E-state index in [1.165, 1.54) is 6.42 Å². The van der Waals surface area contributed by atoms with Crippen LogP contribution in [-0.2, 0) is 22.7 Å². The van der Waals surface area contributed by atoms with Crippen molar-refractivity contribution in [2.75, 3.05) is 14.2 Å². The molecule has 9 nitrogen and oxygen atoms in total. The number of ether oxygens (including phenoxy) is 2. The first-order chi connectivity index (χ1) is 19.6. The lowest BCUT2D eigenvalue weighted by Crippen LogP contribution is -2.47. The van der Waals surface area contributed by atoms with Crippen molar-refractivity contribution in [2.45, 2.75) is 57.3 Å². The zero-order valence-electron chi connectivity index (χ0n) is 23.0. The number of nitrogens with one attached hydrogen (secondary N) is 1. The third kappa shape index (κ3) is 6.25. The van der Waals surface area contributed by atoms with E-state index in [0.29, 0.717) is 16.8 Å². The summed E-state index contributed by atoms with van der Waals surface area (Å²) in [6.45, 7) is 0.156. The van der Waals surface area contributed by atoms with E-state index >= 15 is 0 Å². The number of rotatable bonds is 10. The third-order valence-electron chi connectivity index (χ3n) is 7.46. The maximum absolute atomic E-state index is 14.1. The van der Waals surface area contributed by atoms with Crippen LogP contribution < -0.4 is 14.8 Å². The van der Waals surface area contributed by atoms with Crippen LogP contribution in [0.2, 0.25) is 0 Å². The van der Waals surface area contributed by atoms with Gasteiger partial charge < -0.3 is 19.7 Å². The molecule has 208 valence electrons. The molecule has 0 radical (unpaired) electrons. The van der Waals surface area contributed by atoms with Crippen LogP contribution in [0.4, 0.5) is 0 Å². The standard InChI is InChI=1S/C31H35N5O4/c1-39-25-17-15-22(16-18-25)20-35(29(37)21-36-28-14-7-6-13-27(28)33-34-36)30(23-9-8-12-26(19-23)40-2)31(38)32-24-10-4-3-5-11-24/h6-9,12-19,24,30H,3-5,10-11,20-21H2,1-2H3,(H,32,38)/t30-/m1/s1. The average Bonchev–Trinajstić information content (AvgIpc) is 3.40. The molecule has 1 fully saturated rings. The summed E-state index contributed by atoms with van der Waals surface area (Å²) in [6.07, 6.45) is 5.23. The number of nitrogens with zero attached hydrogens (tertiary/aromatic N) is 4. The summed E-state index contributed by atoms with van der Waals surface area (Å²) in [5, 5.41) is 11.7. The Morgan fingerprint density at radius 1 is 0.950 bits per heavy atom. The quantitative estimate of drug-likeness (QED) is 0.313. The van der Waals surface area contributed by atoms with Gasteiger partial charge in [0, 0.05) is 12.6 Å². The van der Waals surface area contributed by atoms with Crippen LogP contribution in [0, 0.1) is 0 Å². The maximum atomic E-state index is 14.1. The lowest BCUT2D eigenvalue weighted by atomic mass is 9.94. The molecule has 9 heteroatoms. The molecule has 1 N–H and O–H groups in total. The summed E-state index contributed by atoms with van der Waals surface area (Å²) in [5.41, 5.74) is 3.01. The van der Waals surface area contributed by atoms with Gasteiger partial charge in [-0.05, 0) is 60.4 Å². The second-order valence-corrected chi connectivity index (χ2v) is 10.1. The van der Waals surface area contributed by atoms with Crippen LogP contribution in [0.15, 0.2) is 72.8 Å². The van der Waals surface area contributed by atoms with Crippen LogP contribution in [0.3, 0.4) is 0 Å². The molecule has 0 bridgehead atoms. The van der Waals surface area contributed by atoms with Gasteiger partial charge in [0.05, 0.1) is 19.7 Å². The van der Waals surface area contributed by atoms with Crippen LogP contribution in [-0.4, -0.2) is 52.0 Å². The van der Waals surface area contributed by atoms with Crippen LogP contribution in [0.1, 0.15) is 49.3 Å². The highest BCUT2D eigenvalue weighted by Crippen LogP contribution is 2.29. The number of fused-ring (bicyclic) bond motifs is 1. The minimum absolute atomic E-state index is 0.0617. The molecule has 0 spiro atoms. The van der Waals surface area contributed by atoms with E-state index in [9.17, 15) is 9.59 Å². The van der Waals surface area contributed by atoms with E-state index < -0.39 is 6.04 Å². The van der Waals surface area contributed by atoms with E-state index in [4.69, 9.17) is 9.47 Å². The van der Waals surface area contributed by atoms with E-state index in [1.807, 2.05) is 72.8 Å². The van der Waals surface area contributed by atoms with Crippen molar-refractivity contribution in [3.63, 3.8) is 0 Å². The number of carbonyl (C=O) groups is 2. The van der Waals surface area contributed by atoms with Crippen molar-refractivity contribution in [1.29, 1.82) is 0 Å². The summed E-state index contributed by atoms with van der Waals surface area (Å²) >= 11 is 0. The topological polar surface area (TPSA) is 98.6 Å². The summed E-state index contributed by atoms with van der Waals surface area (Å²) in [7, 11) is 3.20. The Kier molecular flexibility index (Phi) is 8.59. The van der Waals surface area contributed by atoms with Crippen molar-refractivity contribution in [2.24, 2.45) is 0 Å². The zero-order valence-corrected chi connectivity index (χ0v) is 23.0. The first-order valence-corrected chi connectivity index (χ1v) is 13.7. The first kappa shape index (κ1) is 27.2. The van der Waals surface area contributed by atoms with E-state index in [-0.39, 0.29) is 30.9 Å². The van der Waals surface area contributed by atoms with Gasteiger partial charge in [-0.2, -0.15) is 0 Å². The van der Waals surface area contributed by atoms with Gasteiger partial charge in [-0.25, -0.2) is 4.68 Å². The lowest BCUT2D eigenvalue weighted by molar-refractivity contribution is -0.142. The second kappa shape index (κ2) is 12.6. The van der Waals surface area contributed by atoms with E-state index in [2.05, 4.69) is 15.6 Å². The number of methoxy groups -OCH3 is 2. The molecule has 3 aromatic carbocycles. The molecule has 4 aromatic rings. The average molecular weight is 542 g/mol. The smallest absolute Gasteiger partial charge is 0.247 e. The van der Waals surface area contributed by atoms with Crippen LogP contribution in [0.5, 0.6) is 11.5 Å². The van der Waals surface area contributed by atoms with E-state index in [0.717, 1.165) is 42.5 Å². The van der Waals surface area contributed by atoms with Gasteiger partial charge in [0.15, 0.2) is 0 Å². The Morgan fingerprint density at radius 2 is 1.70 bits per heavy atom. The molecule has 1 saturated carbocycles. The van der Waals surface area contributed by atoms with Crippen molar-refractivity contribution in [3.8, 4) is 11.5 Å². The first-order valence-electron chi connectivity index (χ1n) is 13.7. The molecule has 1 atom stereocenters. The molecule has 40 heavy (non-hydrogen) atoms. The number of para-hydroxylation sites is 1. The van der Waals surface area contributed by atoms with Gasteiger partial charge in [0.2, 0.25) is 11.8 Å². The van der Waals surface area contributed by atoms with Gasteiger partial charge in [-0.3, -0.25) is 9.59 Å². The normalized spacial score (nSPS) is 14.4. The molecule has 1 aliphatic rings. The molecule has 5 rings (SSSR count). The highest BCUT2D eigenvalue weighted by atomic mass is 16.5. The zero-order chi connectivity index (χ0) is 27.9. The molecule has 0 unspecified atom stereocenters. The highest BCUT2D eigenvalue weighted by molar-refractivity contribution is 5.89. The predicted octanol–water partition coefficient (Wildman–Crippen LogP) is 4.67. The van der Waals surface area contributed by atoms with Crippen molar-refractivity contribution in [1.82, 2.24) is 25.2 Å². The number of hydrogen-bond acceptors (Lipinski definition) is 6. The summed E-state index contributed by atoms with van der Waals surface area (Å²) in [4.78, 5) is 29.8. The largest absolute Gasteiger partial charge is 0.497 e. The van der Waals surface area contributed by atoms with Gasteiger partial charge in [0.1, 0.15) is 29.6 Å². The van der Waals surface area contributed by atoms with E-state index in [1.54, 1.807) is 23.8 Å². The predicted molar refractivity (Wildman–Crippen MR) is 152 cm³/mol. The fourth-order valence-corrected chi connectivity index (χ4v) is 5.32. The molecule has 1 aliphatic carbocycles. The number of benzene rings is 3. The Morgan fingerprint density at radius 3 is 2.45 bits per heavy atom. The molecule has 0 aliphatic heterocycles. The molecular formula is C31H35N5O4. The van der Waals surface area contributed by atoms with Gasteiger partial charge >= 0.3 is 0 Å². The summed E-state index contributed by atoms with van der Waals surface area (Å²) in [6, 6.07) is 21.6. The molecule has 1 aromatic heterocycles. The second-order valence-electron chi connectivity index (χ2n) is 10.1. The van der Waals surface area contributed by atoms with Crippen LogP contribution in [0.25, 0.3) is 11.0 Å². The minimum atomic E-state index is -0.874. The lowest BCUT2D eigenvalue weighted by Gasteiger charge is -2.33. The summed E-state index contributed by atoms with van der Waals surface area (Å²) in [5.74, 6) is 0.880. The van der Waals surface area contributed by atoms with Gasteiger partial charge in [0.25, 0.3) is 0 Å². The Bertz CT molecular complexity index is 1450. The number of aromatic nitrogens is 3. The third-order valence-corrected chi connectivity index (χ3v) is 7.46. The fourth-order valence-electron chi connectivity index (χ4n) is 5.32. The molecule has 2 amide bonds. The SMILES string of the molecule is COc1ccc(CN(C(=O)Cn2nnc3ccccc32)[C@@H](C(=O)NC2CCCCC2)c2cccc(OC)c2)cc1. The molecular weight excluding hydrogens is 506 g/mol. The number of hydrogen-bond donors (Lipinski definition) is 1. The number of carbonyl (C=O) groups excluding carboxylic acids is 2. The highest BCUT2D eigenvalue weighted by Gasteiger charge is 2.33. The Hall–Kier alpha value is -4.40. The van der Waals surface area contributed by atoms with Crippen molar-refractivity contribution in [3.05, 3.63) is 83.9 Å². The monoisotopic (exact) mass is 541 g/mol. The molecule has 1 heterocycles. The Labute approximate surface area is 234 Å². The minimum Gasteiger partial charge on any atom is -0.497 e. The van der Waals surface area contributed by atoms with Crippen molar-refractivity contribution >= 4 is 22.8 Å². The number of amides is 2.